The highest BCUT2D eigenvalue weighted by molar-refractivity contribution is 5.71. The molecule has 0 fully saturated rings. The van der Waals surface area contributed by atoms with E-state index in [4.69, 9.17) is 14.2 Å². The van der Waals surface area contributed by atoms with Crippen LogP contribution in [0.2, 0.25) is 0 Å². The second kappa shape index (κ2) is 58.7. The third-order valence-electron chi connectivity index (χ3n) is 14.3. The van der Waals surface area contributed by atoms with E-state index in [9.17, 15) is 14.4 Å². The summed E-state index contributed by atoms with van der Waals surface area (Å²) in [4.78, 5) is 38.2. The number of ether oxygens (including phenoxy) is 3. The lowest BCUT2D eigenvalue weighted by atomic mass is 10.0. The number of hydrogen-bond donors (Lipinski definition) is 0. The van der Waals surface area contributed by atoms with Crippen LogP contribution in [0.5, 0.6) is 0 Å². The van der Waals surface area contributed by atoms with Gasteiger partial charge in [-0.1, -0.05) is 303 Å². The van der Waals surface area contributed by atoms with Gasteiger partial charge in [-0.3, -0.25) is 14.4 Å². The fraction of sp³-hybridized carbons (Fsp3) is 0.921. The Morgan fingerprint density at radius 1 is 0.275 bits per heavy atom. The first kappa shape index (κ1) is 67.1. The van der Waals surface area contributed by atoms with Crippen molar-refractivity contribution in [1.29, 1.82) is 0 Å². The molecule has 69 heavy (non-hydrogen) atoms. The molecule has 0 saturated carbocycles. The summed E-state index contributed by atoms with van der Waals surface area (Å²) in [5.41, 5.74) is 0. The van der Waals surface area contributed by atoms with Gasteiger partial charge < -0.3 is 14.2 Å². The molecule has 408 valence electrons. The molecule has 0 unspecified atom stereocenters. The first-order valence-corrected chi connectivity index (χ1v) is 31.2. The van der Waals surface area contributed by atoms with Crippen LogP contribution in [0.4, 0.5) is 0 Å². The van der Waals surface area contributed by atoms with Crippen molar-refractivity contribution in [3.05, 3.63) is 12.2 Å². The van der Waals surface area contributed by atoms with Crippen molar-refractivity contribution in [1.82, 2.24) is 0 Å². The summed E-state index contributed by atoms with van der Waals surface area (Å²) in [6.07, 6.45) is 67.8. The average molecular weight is 974 g/mol. The number of allylic oxidation sites excluding steroid dienone is 2. The third kappa shape index (κ3) is 56.9. The molecule has 0 saturated heterocycles. The molecule has 0 N–H and O–H groups in total. The molecule has 0 heterocycles. The Kier molecular flexibility index (Phi) is 57.1. The standard InChI is InChI=1S/C63H120O6/c1-4-7-10-13-16-19-22-25-27-29-30-31-32-34-36-39-41-44-47-50-53-56-62(65)68-59-60(69-63(66)57-54-51-48-45-42-37-24-21-18-15-12-9-6-3)58-67-61(64)55-52-49-46-43-40-38-35-33-28-26-23-20-17-14-11-8-5-2/h26,28,60H,4-25,27,29-59H2,1-3H3/b28-26-/t60-/m1/s1. The van der Waals surface area contributed by atoms with E-state index >= 15 is 0 Å². The minimum Gasteiger partial charge on any atom is -0.462 e. The Morgan fingerprint density at radius 2 is 0.478 bits per heavy atom. The van der Waals surface area contributed by atoms with Crippen molar-refractivity contribution in [2.75, 3.05) is 13.2 Å². The van der Waals surface area contributed by atoms with Gasteiger partial charge >= 0.3 is 17.9 Å². The molecule has 0 aromatic heterocycles. The van der Waals surface area contributed by atoms with Crippen LogP contribution in [-0.2, 0) is 28.6 Å². The van der Waals surface area contributed by atoms with E-state index < -0.39 is 6.10 Å². The van der Waals surface area contributed by atoms with E-state index in [-0.39, 0.29) is 31.1 Å². The lowest BCUT2D eigenvalue weighted by molar-refractivity contribution is -0.167. The van der Waals surface area contributed by atoms with E-state index in [1.54, 1.807) is 0 Å². The number of carbonyl (C=O) groups excluding carboxylic acids is 3. The lowest BCUT2D eigenvalue weighted by Crippen LogP contribution is -2.30. The average Bonchev–Trinajstić information content (AvgIpc) is 3.35. The van der Waals surface area contributed by atoms with Gasteiger partial charge in [-0.05, 0) is 44.9 Å². The minimum absolute atomic E-state index is 0.0649. The van der Waals surface area contributed by atoms with Gasteiger partial charge in [0.15, 0.2) is 6.10 Å². The molecule has 0 radical (unpaired) electrons. The van der Waals surface area contributed by atoms with E-state index in [0.29, 0.717) is 19.3 Å². The summed E-state index contributed by atoms with van der Waals surface area (Å²) in [5, 5.41) is 0. The predicted molar refractivity (Wildman–Crippen MR) is 298 cm³/mol. The third-order valence-corrected chi connectivity index (χ3v) is 14.3. The number of unbranched alkanes of at least 4 members (excludes halogenated alkanes) is 45. The largest absolute Gasteiger partial charge is 0.462 e. The quantitative estimate of drug-likeness (QED) is 0.0261. The van der Waals surface area contributed by atoms with Gasteiger partial charge in [0, 0.05) is 19.3 Å². The second-order valence-electron chi connectivity index (χ2n) is 21.3. The normalized spacial score (nSPS) is 12.0. The Hall–Kier alpha value is -1.85. The molecule has 0 aliphatic carbocycles. The summed E-state index contributed by atoms with van der Waals surface area (Å²) in [5.74, 6) is -0.841. The van der Waals surface area contributed by atoms with Gasteiger partial charge in [-0.25, -0.2) is 0 Å². The number of esters is 3. The monoisotopic (exact) mass is 973 g/mol. The van der Waals surface area contributed by atoms with Gasteiger partial charge in [0.25, 0.3) is 0 Å². The van der Waals surface area contributed by atoms with E-state index in [2.05, 4.69) is 32.9 Å². The molecular weight excluding hydrogens is 853 g/mol. The van der Waals surface area contributed by atoms with E-state index in [0.717, 1.165) is 57.8 Å². The molecule has 0 spiro atoms. The van der Waals surface area contributed by atoms with Crippen LogP contribution in [0.1, 0.15) is 355 Å². The first-order valence-electron chi connectivity index (χ1n) is 31.2. The number of carbonyl (C=O) groups is 3. The van der Waals surface area contributed by atoms with Crippen molar-refractivity contribution in [3.63, 3.8) is 0 Å². The number of rotatable bonds is 58. The molecular formula is C63H120O6. The molecule has 6 heteroatoms. The van der Waals surface area contributed by atoms with Crippen molar-refractivity contribution in [3.8, 4) is 0 Å². The van der Waals surface area contributed by atoms with Crippen molar-refractivity contribution in [2.24, 2.45) is 0 Å². The van der Waals surface area contributed by atoms with Crippen molar-refractivity contribution in [2.45, 2.75) is 361 Å². The van der Waals surface area contributed by atoms with E-state index in [1.807, 2.05) is 0 Å². The molecule has 0 rings (SSSR count). The molecule has 6 nitrogen and oxygen atoms in total. The second-order valence-corrected chi connectivity index (χ2v) is 21.3. The van der Waals surface area contributed by atoms with Crippen molar-refractivity contribution < 1.29 is 28.6 Å². The highest BCUT2D eigenvalue weighted by atomic mass is 16.6. The van der Waals surface area contributed by atoms with Crippen LogP contribution in [0.3, 0.4) is 0 Å². The topological polar surface area (TPSA) is 78.9 Å². The SMILES string of the molecule is CCCCCCCC/C=C\CCCCCCCCCC(=O)OC[C@H](COC(=O)CCCCCCCCCCCCCCCCCCCCCCC)OC(=O)CCCCCCCCCCCCCCC. The number of hydrogen-bond acceptors (Lipinski definition) is 6. The summed E-state index contributed by atoms with van der Waals surface area (Å²) >= 11 is 0. The zero-order valence-corrected chi connectivity index (χ0v) is 46.9. The Labute approximate surface area is 431 Å². The van der Waals surface area contributed by atoms with Gasteiger partial charge in [0.2, 0.25) is 0 Å². The molecule has 0 aliphatic heterocycles. The van der Waals surface area contributed by atoms with Gasteiger partial charge in [0.1, 0.15) is 13.2 Å². The molecule has 0 bridgehead atoms. The Morgan fingerprint density at radius 3 is 0.725 bits per heavy atom. The zero-order chi connectivity index (χ0) is 50.0. The maximum Gasteiger partial charge on any atom is 0.306 e. The zero-order valence-electron chi connectivity index (χ0n) is 46.9. The highest BCUT2D eigenvalue weighted by Crippen LogP contribution is 2.18. The highest BCUT2D eigenvalue weighted by Gasteiger charge is 2.19. The van der Waals surface area contributed by atoms with Crippen LogP contribution in [0.15, 0.2) is 12.2 Å². The van der Waals surface area contributed by atoms with Crippen molar-refractivity contribution >= 4 is 17.9 Å². The Bertz CT molecular complexity index is 1070. The predicted octanol–water partition coefficient (Wildman–Crippen LogP) is 20.9. The maximum atomic E-state index is 12.9. The van der Waals surface area contributed by atoms with Crippen LogP contribution >= 0.6 is 0 Å². The summed E-state index contributed by atoms with van der Waals surface area (Å²) in [6.45, 7) is 6.70. The Balaban J connectivity index is 4.25. The molecule has 0 amide bonds. The van der Waals surface area contributed by atoms with E-state index in [1.165, 1.54) is 257 Å². The molecule has 0 aliphatic rings. The molecule has 0 aromatic rings. The first-order chi connectivity index (χ1) is 34.0. The fourth-order valence-electron chi connectivity index (χ4n) is 9.56. The van der Waals surface area contributed by atoms with Gasteiger partial charge in [0.05, 0.1) is 0 Å². The maximum absolute atomic E-state index is 12.9. The van der Waals surface area contributed by atoms with Crippen LogP contribution < -0.4 is 0 Å². The van der Waals surface area contributed by atoms with Gasteiger partial charge in [-0.15, -0.1) is 0 Å². The van der Waals surface area contributed by atoms with Gasteiger partial charge in [-0.2, -0.15) is 0 Å². The smallest absolute Gasteiger partial charge is 0.306 e. The van der Waals surface area contributed by atoms with Crippen LogP contribution in [0, 0.1) is 0 Å². The summed E-state index contributed by atoms with van der Waals surface area (Å²) in [7, 11) is 0. The summed E-state index contributed by atoms with van der Waals surface area (Å²) in [6, 6.07) is 0. The summed E-state index contributed by atoms with van der Waals surface area (Å²) < 4.78 is 16.9. The van der Waals surface area contributed by atoms with Crippen LogP contribution in [-0.4, -0.2) is 37.2 Å². The minimum atomic E-state index is -0.766. The molecule has 1 atom stereocenters. The fourth-order valence-corrected chi connectivity index (χ4v) is 9.56. The molecule has 0 aromatic carbocycles. The lowest BCUT2D eigenvalue weighted by Gasteiger charge is -2.18. The van der Waals surface area contributed by atoms with Crippen LogP contribution in [0.25, 0.3) is 0 Å².